The predicted octanol–water partition coefficient (Wildman–Crippen LogP) is 0.0692. The Morgan fingerprint density at radius 1 is 1.18 bits per heavy atom. The largest absolute Gasteiger partial charge is 0.351 e. The molecule has 1 saturated heterocycles. The number of rotatable bonds is 0. The number of Topliss-reactive ketones (excluding diaryl/α,β-unsaturated/α-hetero) is 2. The zero-order chi connectivity index (χ0) is 8.01. The van der Waals surface area contributed by atoms with Crippen LogP contribution in [0.1, 0.15) is 0 Å². The number of carbonyl (C=O) groups excluding carboxylic acids is 2. The monoisotopic (exact) mass is 172 g/mol. The predicted molar refractivity (Wildman–Crippen MR) is 37.5 cm³/mol. The molecule has 2 bridgehead atoms. The van der Waals surface area contributed by atoms with Crippen molar-refractivity contribution in [1.29, 1.82) is 0 Å². The molecule has 0 amide bonds. The summed E-state index contributed by atoms with van der Waals surface area (Å²) in [6.07, 6.45) is 1.99. The van der Waals surface area contributed by atoms with Crippen LogP contribution in [0.4, 0.5) is 0 Å². The molecule has 0 N–H and O–H groups in total. The molecule has 0 aromatic heterocycles. The van der Waals surface area contributed by atoms with Gasteiger partial charge in [-0.1, -0.05) is 0 Å². The highest BCUT2D eigenvalue weighted by Gasteiger charge is 2.44. The Hall–Kier alpha value is -0.670. The highest BCUT2D eigenvalue weighted by Crippen LogP contribution is 2.24. The molecule has 0 aliphatic carbocycles. The number of fused-ring (bicyclic) bond motifs is 2. The molecule has 2 aliphatic heterocycles. The molecule has 1 unspecified atom stereocenters. The van der Waals surface area contributed by atoms with Crippen LogP contribution >= 0.6 is 11.6 Å². The van der Waals surface area contributed by atoms with Crippen molar-refractivity contribution in [3.8, 4) is 0 Å². The molecule has 3 atom stereocenters. The Morgan fingerprint density at radius 2 is 1.64 bits per heavy atom. The third-order valence-corrected chi connectivity index (χ3v) is 2.24. The van der Waals surface area contributed by atoms with Crippen molar-refractivity contribution in [2.45, 2.75) is 17.6 Å². The molecular formula is C7H5ClO3. The second-order valence-electron chi connectivity index (χ2n) is 2.53. The highest BCUT2D eigenvalue weighted by molar-refractivity contribution is 6.44. The molecule has 0 aromatic rings. The van der Waals surface area contributed by atoms with Gasteiger partial charge in [-0.2, -0.15) is 0 Å². The third-order valence-electron chi connectivity index (χ3n) is 1.81. The van der Waals surface area contributed by atoms with E-state index in [0.717, 1.165) is 0 Å². The minimum absolute atomic E-state index is 0.346. The van der Waals surface area contributed by atoms with Crippen molar-refractivity contribution in [2.24, 2.45) is 0 Å². The topological polar surface area (TPSA) is 43.4 Å². The summed E-state index contributed by atoms with van der Waals surface area (Å²) in [7, 11) is 0. The van der Waals surface area contributed by atoms with Gasteiger partial charge < -0.3 is 4.74 Å². The number of ketones is 2. The number of alkyl halides is 1. The summed E-state index contributed by atoms with van der Waals surface area (Å²) in [5.74, 6) is -0.691. The second kappa shape index (κ2) is 2.16. The lowest BCUT2D eigenvalue weighted by Gasteiger charge is -2.21. The van der Waals surface area contributed by atoms with Gasteiger partial charge in [0.05, 0.1) is 0 Å². The number of hydrogen-bond donors (Lipinski definition) is 0. The van der Waals surface area contributed by atoms with Crippen LogP contribution in [-0.2, 0) is 14.3 Å². The molecule has 0 radical (unpaired) electrons. The highest BCUT2D eigenvalue weighted by atomic mass is 35.5. The SMILES string of the molecule is O=C1C(Cl)C(=O)[C@H]2C=C[C@@H]1O2. The molecule has 2 aliphatic rings. The van der Waals surface area contributed by atoms with Crippen molar-refractivity contribution >= 4 is 23.2 Å². The average Bonchev–Trinajstić information content (AvgIpc) is 2.44. The first kappa shape index (κ1) is 7.00. The van der Waals surface area contributed by atoms with Gasteiger partial charge in [-0.25, -0.2) is 0 Å². The van der Waals surface area contributed by atoms with E-state index >= 15 is 0 Å². The molecule has 58 valence electrons. The van der Waals surface area contributed by atoms with E-state index in [2.05, 4.69) is 0 Å². The van der Waals surface area contributed by atoms with Gasteiger partial charge in [0, 0.05) is 0 Å². The van der Waals surface area contributed by atoms with E-state index in [9.17, 15) is 9.59 Å². The molecule has 0 spiro atoms. The van der Waals surface area contributed by atoms with Crippen LogP contribution in [-0.4, -0.2) is 29.2 Å². The maximum Gasteiger partial charge on any atom is 0.190 e. The smallest absolute Gasteiger partial charge is 0.190 e. The lowest BCUT2D eigenvalue weighted by molar-refractivity contribution is -0.145. The normalized spacial score (nSPS) is 41.7. The first-order valence-electron chi connectivity index (χ1n) is 3.25. The Labute approximate surface area is 68.0 Å². The summed E-state index contributed by atoms with van der Waals surface area (Å²) in [5, 5.41) is -1.01. The van der Waals surface area contributed by atoms with Gasteiger partial charge in [-0.15, -0.1) is 11.6 Å². The van der Waals surface area contributed by atoms with Crippen molar-refractivity contribution < 1.29 is 14.3 Å². The first-order valence-corrected chi connectivity index (χ1v) is 3.69. The molecule has 2 heterocycles. The van der Waals surface area contributed by atoms with Crippen LogP contribution < -0.4 is 0 Å². The van der Waals surface area contributed by atoms with E-state index in [-0.39, 0.29) is 11.6 Å². The van der Waals surface area contributed by atoms with Gasteiger partial charge >= 0.3 is 0 Å². The fourth-order valence-corrected chi connectivity index (χ4v) is 1.45. The number of carbonyl (C=O) groups is 2. The third kappa shape index (κ3) is 0.847. The molecule has 2 rings (SSSR count). The fourth-order valence-electron chi connectivity index (χ4n) is 1.20. The Balaban J connectivity index is 2.36. The van der Waals surface area contributed by atoms with Crippen molar-refractivity contribution in [3.63, 3.8) is 0 Å². The van der Waals surface area contributed by atoms with Gasteiger partial charge in [-0.05, 0) is 12.2 Å². The lowest BCUT2D eigenvalue weighted by Crippen LogP contribution is -2.45. The zero-order valence-electron chi connectivity index (χ0n) is 5.49. The summed E-state index contributed by atoms with van der Waals surface area (Å²) >= 11 is 5.53. The summed E-state index contributed by atoms with van der Waals surface area (Å²) in [6, 6.07) is 0. The van der Waals surface area contributed by atoms with Crippen molar-refractivity contribution in [1.82, 2.24) is 0 Å². The van der Waals surface area contributed by atoms with E-state index in [0.29, 0.717) is 0 Å². The molecule has 0 aromatic carbocycles. The van der Waals surface area contributed by atoms with Gasteiger partial charge in [0.1, 0.15) is 12.2 Å². The molecule has 11 heavy (non-hydrogen) atoms. The minimum Gasteiger partial charge on any atom is -0.351 e. The van der Waals surface area contributed by atoms with E-state index in [4.69, 9.17) is 16.3 Å². The van der Waals surface area contributed by atoms with Crippen LogP contribution in [0.25, 0.3) is 0 Å². The summed E-state index contributed by atoms with van der Waals surface area (Å²) in [4.78, 5) is 22.1. The van der Waals surface area contributed by atoms with E-state index < -0.39 is 17.6 Å². The summed E-state index contributed by atoms with van der Waals surface area (Å²) in [6.45, 7) is 0. The number of ether oxygens (including phenoxy) is 1. The minimum atomic E-state index is -1.01. The number of halogens is 1. The maximum absolute atomic E-state index is 11.1. The Kier molecular flexibility index (Phi) is 1.37. The van der Waals surface area contributed by atoms with E-state index in [1.165, 1.54) is 0 Å². The zero-order valence-corrected chi connectivity index (χ0v) is 6.25. The van der Waals surface area contributed by atoms with Gasteiger partial charge in [0.2, 0.25) is 0 Å². The first-order chi connectivity index (χ1) is 5.20. The molecular weight excluding hydrogens is 168 g/mol. The van der Waals surface area contributed by atoms with Crippen LogP contribution in [0.15, 0.2) is 12.2 Å². The number of hydrogen-bond acceptors (Lipinski definition) is 3. The maximum atomic E-state index is 11.1. The van der Waals surface area contributed by atoms with Crippen molar-refractivity contribution in [3.05, 3.63) is 12.2 Å². The second-order valence-corrected chi connectivity index (χ2v) is 2.97. The summed E-state index contributed by atoms with van der Waals surface area (Å²) in [5.41, 5.74) is 0. The molecule has 0 saturated carbocycles. The van der Waals surface area contributed by atoms with Crippen molar-refractivity contribution in [2.75, 3.05) is 0 Å². The standard InChI is InChI=1S/C7H5ClO3/c8-5-6(9)3-1-2-4(11-3)7(5)10/h1-5H/t3-,4+,5?. The van der Waals surface area contributed by atoms with Crippen LogP contribution in [0.5, 0.6) is 0 Å². The lowest BCUT2D eigenvalue weighted by atomic mass is 10.1. The quantitative estimate of drug-likeness (QED) is 0.295. The van der Waals surface area contributed by atoms with E-state index in [1.807, 2.05) is 0 Å². The fraction of sp³-hybridized carbons (Fsp3) is 0.429. The molecule has 4 heteroatoms. The van der Waals surface area contributed by atoms with Gasteiger partial charge in [-0.3, -0.25) is 9.59 Å². The van der Waals surface area contributed by atoms with Crippen LogP contribution in [0, 0.1) is 0 Å². The average molecular weight is 173 g/mol. The molecule has 1 fully saturated rings. The van der Waals surface area contributed by atoms with Crippen LogP contribution in [0.2, 0.25) is 0 Å². The van der Waals surface area contributed by atoms with Gasteiger partial charge in [0.25, 0.3) is 0 Å². The molecule has 3 nitrogen and oxygen atoms in total. The summed E-state index contributed by atoms with van der Waals surface area (Å²) < 4.78 is 5.00. The van der Waals surface area contributed by atoms with E-state index in [1.54, 1.807) is 12.2 Å². The van der Waals surface area contributed by atoms with Gasteiger partial charge in [0.15, 0.2) is 16.9 Å². The van der Waals surface area contributed by atoms with Crippen LogP contribution in [0.3, 0.4) is 0 Å². The Morgan fingerprint density at radius 3 is 2.09 bits per heavy atom. The Bertz CT molecular complexity index is 234.